The minimum atomic E-state index is -0.237. The molecule has 0 saturated heterocycles. The first-order valence-electron chi connectivity index (χ1n) is 10.8. The van der Waals surface area contributed by atoms with E-state index in [0.717, 1.165) is 47.0 Å². The van der Waals surface area contributed by atoms with E-state index in [2.05, 4.69) is 19.9 Å². The second-order valence-corrected chi connectivity index (χ2v) is 8.25. The van der Waals surface area contributed by atoms with E-state index in [1.165, 1.54) is 0 Å². The molecule has 5 rings (SSSR count). The zero-order chi connectivity index (χ0) is 21.4. The highest BCUT2D eigenvalue weighted by Gasteiger charge is 2.28. The molecule has 2 aromatic carbocycles. The van der Waals surface area contributed by atoms with Gasteiger partial charge in [0.1, 0.15) is 5.82 Å². The quantitative estimate of drug-likeness (QED) is 0.454. The van der Waals surface area contributed by atoms with Crippen molar-refractivity contribution in [1.82, 2.24) is 19.9 Å². The van der Waals surface area contributed by atoms with E-state index < -0.39 is 0 Å². The van der Waals surface area contributed by atoms with E-state index in [-0.39, 0.29) is 17.8 Å². The van der Waals surface area contributed by atoms with Gasteiger partial charge in [0.2, 0.25) is 5.91 Å². The van der Waals surface area contributed by atoms with Gasteiger partial charge in [0.05, 0.1) is 18.2 Å². The summed E-state index contributed by atoms with van der Waals surface area (Å²) in [5, 5.41) is 4.10. The van der Waals surface area contributed by atoms with Gasteiger partial charge in [-0.2, -0.15) is 0 Å². The van der Waals surface area contributed by atoms with Crippen LogP contribution in [0.2, 0.25) is 0 Å². The Morgan fingerprint density at radius 3 is 2.81 bits per heavy atom. The Kier molecular flexibility index (Phi) is 5.06. The third-order valence-electron chi connectivity index (χ3n) is 6.28. The van der Waals surface area contributed by atoms with Crippen molar-refractivity contribution in [2.24, 2.45) is 0 Å². The number of nitrogens with one attached hydrogen (secondary N) is 2. The Balaban J connectivity index is 1.38. The SMILES string of the molecule is CCC(=O)N[C@H]1CC[C@@H](n2cncc2-c2ccc(-c3cc4cc[nH]c4cc3F)cc2)C1. The van der Waals surface area contributed by atoms with Crippen molar-refractivity contribution in [2.45, 2.75) is 44.7 Å². The molecule has 1 aliphatic carbocycles. The predicted octanol–water partition coefficient (Wildman–Crippen LogP) is 5.46. The van der Waals surface area contributed by atoms with Crippen molar-refractivity contribution >= 4 is 16.8 Å². The third kappa shape index (κ3) is 3.74. The summed E-state index contributed by atoms with van der Waals surface area (Å²) >= 11 is 0. The van der Waals surface area contributed by atoms with Gasteiger partial charge in [-0.05, 0) is 48.6 Å². The van der Waals surface area contributed by atoms with Gasteiger partial charge in [-0.1, -0.05) is 31.2 Å². The molecule has 1 fully saturated rings. The number of carbonyl (C=O) groups excluding carboxylic acids is 1. The van der Waals surface area contributed by atoms with Crippen molar-refractivity contribution in [1.29, 1.82) is 0 Å². The molecule has 0 unspecified atom stereocenters. The van der Waals surface area contributed by atoms with Crippen molar-refractivity contribution in [3.63, 3.8) is 0 Å². The molecule has 0 bridgehead atoms. The number of aromatic nitrogens is 3. The standard InChI is InChI=1S/C25H25FN4O/c1-2-25(31)29-19-7-8-20(12-19)30-15-27-14-24(30)17-5-3-16(4-6-17)21-11-18-9-10-28-23(18)13-22(21)26/h3-6,9-11,13-15,19-20,28H,2,7-8,12H2,1H3,(H,29,31)/t19-,20+/m0/s1. The smallest absolute Gasteiger partial charge is 0.219 e. The van der Waals surface area contributed by atoms with Crippen LogP contribution in [0.15, 0.2) is 61.2 Å². The zero-order valence-electron chi connectivity index (χ0n) is 17.4. The minimum absolute atomic E-state index is 0.108. The van der Waals surface area contributed by atoms with E-state index in [1.54, 1.807) is 6.07 Å². The van der Waals surface area contributed by atoms with Crippen LogP contribution in [0, 0.1) is 5.82 Å². The summed E-state index contributed by atoms with van der Waals surface area (Å²) in [7, 11) is 0. The summed E-state index contributed by atoms with van der Waals surface area (Å²) in [5.74, 6) is -0.129. The number of nitrogens with zero attached hydrogens (tertiary/aromatic N) is 2. The minimum Gasteiger partial charge on any atom is -0.361 e. The van der Waals surface area contributed by atoms with E-state index in [1.807, 2.05) is 62.0 Å². The first kappa shape index (κ1) is 19.5. The number of halogens is 1. The molecule has 2 atom stereocenters. The molecule has 2 aromatic heterocycles. The Morgan fingerprint density at radius 2 is 2.00 bits per heavy atom. The first-order chi connectivity index (χ1) is 15.1. The Bertz CT molecular complexity index is 1220. The molecule has 0 spiro atoms. The van der Waals surface area contributed by atoms with Gasteiger partial charge in [-0.25, -0.2) is 9.37 Å². The van der Waals surface area contributed by atoms with E-state index >= 15 is 0 Å². The fourth-order valence-corrected chi connectivity index (χ4v) is 4.61. The van der Waals surface area contributed by atoms with Crippen LogP contribution in [-0.2, 0) is 4.79 Å². The molecule has 158 valence electrons. The number of hydrogen-bond donors (Lipinski definition) is 2. The Morgan fingerprint density at radius 1 is 1.19 bits per heavy atom. The Hall–Kier alpha value is -3.41. The lowest BCUT2D eigenvalue weighted by Crippen LogP contribution is -2.32. The van der Waals surface area contributed by atoms with Crippen LogP contribution in [0.4, 0.5) is 4.39 Å². The summed E-state index contributed by atoms with van der Waals surface area (Å²) in [5.41, 5.74) is 4.33. The number of fused-ring (bicyclic) bond motifs is 1. The van der Waals surface area contributed by atoms with Crippen molar-refractivity contribution < 1.29 is 9.18 Å². The van der Waals surface area contributed by atoms with Gasteiger partial charge < -0.3 is 14.9 Å². The molecule has 1 saturated carbocycles. The molecule has 5 nitrogen and oxygen atoms in total. The van der Waals surface area contributed by atoms with Gasteiger partial charge in [0.25, 0.3) is 0 Å². The zero-order valence-corrected chi connectivity index (χ0v) is 17.4. The second-order valence-electron chi connectivity index (χ2n) is 8.25. The molecule has 6 heteroatoms. The summed E-state index contributed by atoms with van der Waals surface area (Å²) in [6.07, 6.45) is 8.98. The average molecular weight is 417 g/mol. The van der Waals surface area contributed by atoms with Crippen LogP contribution < -0.4 is 5.32 Å². The number of hydrogen-bond acceptors (Lipinski definition) is 2. The van der Waals surface area contributed by atoms with Crippen molar-refractivity contribution in [3.05, 3.63) is 67.0 Å². The van der Waals surface area contributed by atoms with Gasteiger partial charge in [-0.3, -0.25) is 4.79 Å². The summed E-state index contributed by atoms with van der Waals surface area (Å²) in [4.78, 5) is 19.1. The van der Waals surface area contributed by atoms with Crippen LogP contribution >= 0.6 is 0 Å². The topological polar surface area (TPSA) is 62.7 Å². The maximum Gasteiger partial charge on any atom is 0.219 e. The number of imidazole rings is 1. The molecule has 0 aliphatic heterocycles. The monoisotopic (exact) mass is 416 g/mol. The average Bonchev–Trinajstić information content (AvgIpc) is 3.53. The predicted molar refractivity (Wildman–Crippen MR) is 120 cm³/mol. The first-order valence-corrected chi connectivity index (χ1v) is 10.8. The van der Waals surface area contributed by atoms with E-state index in [0.29, 0.717) is 18.0 Å². The fraction of sp³-hybridized carbons (Fsp3) is 0.280. The molecule has 2 N–H and O–H groups in total. The number of amides is 1. The summed E-state index contributed by atoms with van der Waals surface area (Å²) in [6.45, 7) is 1.88. The summed E-state index contributed by atoms with van der Waals surface area (Å²) in [6, 6.07) is 13.9. The number of carbonyl (C=O) groups is 1. The fourth-order valence-electron chi connectivity index (χ4n) is 4.61. The molecule has 31 heavy (non-hydrogen) atoms. The van der Waals surface area contributed by atoms with Gasteiger partial charge in [0.15, 0.2) is 0 Å². The lowest BCUT2D eigenvalue weighted by atomic mass is 10.0. The maximum atomic E-state index is 14.6. The Labute approximate surface area is 180 Å². The molecular weight excluding hydrogens is 391 g/mol. The van der Waals surface area contributed by atoms with Crippen LogP contribution in [-0.4, -0.2) is 26.5 Å². The number of aromatic amines is 1. The molecule has 0 radical (unpaired) electrons. The second kappa shape index (κ2) is 8.02. The van der Waals surface area contributed by atoms with Crippen LogP contribution in [0.5, 0.6) is 0 Å². The lowest BCUT2D eigenvalue weighted by Gasteiger charge is -2.17. The van der Waals surface area contributed by atoms with Crippen molar-refractivity contribution in [3.8, 4) is 22.4 Å². The molecule has 1 aliphatic rings. The van der Waals surface area contributed by atoms with E-state index in [9.17, 15) is 9.18 Å². The number of benzene rings is 2. The summed E-state index contributed by atoms with van der Waals surface area (Å²) < 4.78 is 16.8. The molecule has 4 aromatic rings. The third-order valence-corrected chi connectivity index (χ3v) is 6.28. The van der Waals surface area contributed by atoms with E-state index in [4.69, 9.17) is 0 Å². The van der Waals surface area contributed by atoms with Crippen LogP contribution in [0.25, 0.3) is 33.3 Å². The largest absolute Gasteiger partial charge is 0.361 e. The molecular formula is C25H25FN4O. The van der Waals surface area contributed by atoms with Crippen molar-refractivity contribution in [2.75, 3.05) is 0 Å². The molecule has 1 amide bonds. The highest BCUT2D eigenvalue weighted by molar-refractivity contribution is 5.85. The number of rotatable bonds is 5. The maximum absolute atomic E-state index is 14.6. The number of H-pyrrole nitrogens is 1. The van der Waals surface area contributed by atoms with Gasteiger partial charge in [-0.15, -0.1) is 0 Å². The van der Waals surface area contributed by atoms with Gasteiger partial charge >= 0.3 is 0 Å². The van der Waals surface area contributed by atoms with Crippen LogP contribution in [0.1, 0.15) is 38.6 Å². The van der Waals surface area contributed by atoms with Gasteiger partial charge in [0, 0.05) is 41.2 Å². The highest BCUT2D eigenvalue weighted by Crippen LogP contribution is 2.35. The lowest BCUT2D eigenvalue weighted by molar-refractivity contribution is -0.121. The highest BCUT2D eigenvalue weighted by atomic mass is 19.1. The van der Waals surface area contributed by atoms with Crippen LogP contribution in [0.3, 0.4) is 0 Å². The normalized spacial score (nSPS) is 18.5. The molecule has 2 heterocycles.